The van der Waals surface area contributed by atoms with Gasteiger partial charge in [-0.3, -0.25) is 9.79 Å². The second-order valence-corrected chi connectivity index (χ2v) is 11.5. The lowest BCUT2D eigenvalue weighted by Gasteiger charge is -2.42. The Hall–Kier alpha value is -3.82. The van der Waals surface area contributed by atoms with Crippen LogP contribution in [0.3, 0.4) is 0 Å². The van der Waals surface area contributed by atoms with E-state index >= 15 is 0 Å². The van der Waals surface area contributed by atoms with Crippen LogP contribution >= 0.6 is 0 Å². The number of amidine groups is 1. The lowest BCUT2D eigenvalue weighted by atomic mass is 9.80. The smallest absolute Gasteiger partial charge is 0.278 e. The number of hydrogen-bond donors (Lipinski definition) is 2. The van der Waals surface area contributed by atoms with Gasteiger partial charge in [0.05, 0.1) is 12.2 Å². The number of nitrogens with one attached hydrogen (secondary N) is 1. The summed E-state index contributed by atoms with van der Waals surface area (Å²) in [5.41, 5.74) is 2.00. The summed E-state index contributed by atoms with van der Waals surface area (Å²) in [6.07, 6.45) is 9.51. The molecule has 1 amide bonds. The lowest BCUT2D eigenvalue weighted by Crippen LogP contribution is -2.46. The number of likely N-dealkylation sites (tertiary alicyclic amines) is 1. The molecule has 0 spiro atoms. The largest absolute Gasteiger partial charge is 0.384 e. The monoisotopic (exact) mass is 555 g/mol. The summed E-state index contributed by atoms with van der Waals surface area (Å²) < 4.78 is 0. The molecule has 2 saturated heterocycles. The number of amides is 1. The number of hydrazine groups is 1. The van der Waals surface area contributed by atoms with E-state index < -0.39 is 5.60 Å². The third kappa shape index (κ3) is 6.26. The van der Waals surface area contributed by atoms with E-state index in [2.05, 4.69) is 57.8 Å². The minimum absolute atomic E-state index is 0.237. The number of carbonyl (C=O) groups excluding carboxylic acids is 1. The quantitative estimate of drug-likeness (QED) is 0.247. The van der Waals surface area contributed by atoms with Crippen LogP contribution in [0.5, 0.6) is 0 Å². The van der Waals surface area contributed by atoms with Crippen LogP contribution in [-0.4, -0.2) is 70.8 Å². The maximum atomic E-state index is 13.4. The predicted octanol–water partition coefficient (Wildman–Crippen LogP) is 4.84. The highest BCUT2D eigenvalue weighted by Gasteiger charge is 2.40. The van der Waals surface area contributed by atoms with Crippen molar-refractivity contribution >= 4 is 30.0 Å². The SMILES string of the molecule is C=CCN1C(=O)/C(=C/N=C)C(=NCNc2ccc(C3CCC(N4CCC4)CC3)cc2)N1c1cccc(C(C)(C)O)n1. The van der Waals surface area contributed by atoms with Crippen LogP contribution in [0.2, 0.25) is 0 Å². The van der Waals surface area contributed by atoms with E-state index in [0.29, 0.717) is 28.8 Å². The predicted molar refractivity (Wildman–Crippen MR) is 165 cm³/mol. The van der Waals surface area contributed by atoms with Gasteiger partial charge in [0.2, 0.25) is 0 Å². The fourth-order valence-corrected chi connectivity index (χ4v) is 5.87. The van der Waals surface area contributed by atoms with Gasteiger partial charge in [0, 0.05) is 17.9 Å². The number of aliphatic hydroxyl groups is 1. The van der Waals surface area contributed by atoms with Crippen LogP contribution in [0.25, 0.3) is 0 Å². The van der Waals surface area contributed by atoms with Crippen LogP contribution in [0.15, 0.2) is 76.9 Å². The van der Waals surface area contributed by atoms with Crippen LogP contribution in [0, 0.1) is 0 Å². The molecule has 0 unspecified atom stereocenters. The molecule has 3 heterocycles. The summed E-state index contributed by atoms with van der Waals surface area (Å²) in [6.45, 7) is 13.7. The van der Waals surface area contributed by atoms with E-state index in [9.17, 15) is 9.90 Å². The number of benzene rings is 1. The van der Waals surface area contributed by atoms with Crippen molar-refractivity contribution in [2.45, 2.75) is 63.5 Å². The fraction of sp³-hybridized carbons (Fsp3) is 0.438. The Labute approximate surface area is 243 Å². The Morgan fingerprint density at radius 2 is 1.85 bits per heavy atom. The van der Waals surface area contributed by atoms with Crippen molar-refractivity contribution < 1.29 is 9.90 Å². The average molecular weight is 556 g/mol. The topological polar surface area (TPSA) is 96.7 Å². The van der Waals surface area contributed by atoms with Crippen molar-refractivity contribution in [1.29, 1.82) is 0 Å². The molecule has 216 valence electrons. The molecule has 41 heavy (non-hydrogen) atoms. The zero-order valence-electron chi connectivity index (χ0n) is 24.2. The van der Waals surface area contributed by atoms with Gasteiger partial charge in [-0.25, -0.2) is 20.0 Å². The Morgan fingerprint density at radius 3 is 2.46 bits per heavy atom. The molecular weight excluding hydrogens is 514 g/mol. The summed E-state index contributed by atoms with van der Waals surface area (Å²) in [4.78, 5) is 29.3. The van der Waals surface area contributed by atoms with Crippen molar-refractivity contribution in [1.82, 2.24) is 14.9 Å². The molecule has 5 rings (SSSR count). The molecule has 1 aromatic heterocycles. The number of aliphatic imine (C=N–C) groups is 2. The first kappa shape index (κ1) is 28.7. The number of rotatable bonds is 10. The number of pyridine rings is 1. The number of anilines is 2. The molecule has 0 atom stereocenters. The highest BCUT2D eigenvalue weighted by atomic mass is 16.3. The van der Waals surface area contributed by atoms with Gasteiger partial charge >= 0.3 is 0 Å². The molecular formula is C32H41N7O2. The molecule has 9 nitrogen and oxygen atoms in total. The van der Waals surface area contributed by atoms with Crippen LogP contribution in [-0.2, 0) is 10.4 Å². The first-order valence-electron chi connectivity index (χ1n) is 14.5. The Balaban J connectivity index is 1.32. The van der Waals surface area contributed by atoms with Gasteiger partial charge in [-0.2, -0.15) is 0 Å². The van der Waals surface area contributed by atoms with Crippen molar-refractivity contribution in [3.8, 4) is 0 Å². The fourth-order valence-electron chi connectivity index (χ4n) is 5.87. The second-order valence-electron chi connectivity index (χ2n) is 11.5. The normalized spacial score (nSPS) is 23.6. The Morgan fingerprint density at radius 1 is 1.12 bits per heavy atom. The van der Waals surface area contributed by atoms with E-state index in [1.807, 2.05) is 0 Å². The number of aromatic nitrogens is 1. The van der Waals surface area contributed by atoms with E-state index in [4.69, 9.17) is 4.99 Å². The number of carbonyl (C=O) groups is 1. The van der Waals surface area contributed by atoms with Gasteiger partial charge in [-0.05, 0) is 102 Å². The highest BCUT2D eigenvalue weighted by Crippen LogP contribution is 2.36. The number of nitrogens with zero attached hydrogens (tertiary/aromatic N) is 6. The molecule has 2 aliphatic heterocycles. The van der Waals surface area contributed by atoms with Crippen molar-refractivity contribution in [3.63, 3.8) is 0 Å². The van der Waals surface area contributed by atoms with Crippen LogP contribution < -0.4 is 10.3 Å². The van der Waals surface area contributed by atoms with Gasteiger partial charge < -0.3 is 15.3 Å². The molecule has 2 aromatic rings. The minimum atomic E-state index is -1.15. The lowest BCUT2D eigenvalue weighted by molar-refractivity contribution is -0.124. The van der Waals surface area contributed by atoms with Gasteiger partial charge in [0.1, 0.15) is 17.8 Å². The van der Waals surface area contributed by atoms with Gasteiger partial charge in [0.25, 0.3) is 5.91 Å². The molecule has 1 saturated carbocycles. The molecule has 1 aromatic carbocycles. The van der Waals surface area contributed by atoms with E-state index in [1.54, 1.807) is 43.1 Å². The first-order chi connectivity index (χ1) is 19.8. The van der Waals surface area contributed by atoms with Crippen LogP contribution in [0.4, 0.5) is 11.5 Å². The third-order valence-electron chi connectivity index (χ3n) is 8.25. The second kappa shape index (κ2) is 12.4. The summed E-state index contributed by atoms with van der Waals surface area (Å²) in [5.74, 6) is 1.20. The van der Waals surface area contributed by atoms with Gasteiger partial charge in [-0.1, -0.05) is 24.3 Å². The van der Waals surface area contributed by atoms with Crippen molar-refractivity contribution in [2.24, 2.45) is 9.98 Å². The van der Waals surface area contributed by atoms with Crippen molar-refractivity contribution in [2.75, 3.05) is 36.6 Å². The molecule has 3 fully saturated rings. The van der Waals surface area contributed by atoms with E-state index in [1.165, 1.54) is 62.0 Å². The summed E-state index contributed by atoms with van der Waals surface area (Å²) >= 11 is 0. The molecule has 0 radical (unpaired) electrons. The summed E-state index contributed by atoms with van der Waals surface area (Å²) in [7, 11) is 0. The molecule has 0 bridgehead atoms. The number of hydrogen-bond acceptors (Lipinski definition) is 7. The van der Waals surface area contributed by atoms with Crippen molar-refractivity contribution in [3.05, 3.63) is 78.1 Å². The van der Waals surface area contributed by atoms with Gasteiger partial charge in [0.15, 0.2) is 11.7 Å². The van der Waals surface area contributed by atoms with E-state index in [0.717, 1.165) is 11.7 Å². The third-order valence-corrected chi connectivity index (χ3v) is 8.25. The molecule has 2 N–H and O–H groups in total. The Bertz CT molecular complexity index is 1320. The first-order valence-corrected chi connectivity index (χ1v) is 14.5. The zero-order valence-corrected chi connectivity index (χ0v) is 24.2. The van der Waals surface area contributed by atoms with E-state index in [-0.39, 0.29) is 19.1 Å². The molecule has 3 aliphatic rings. The highest BCUT2D eigenvalue weighted by molar-refractivity contribution is 6.31. The zero-order chi connectivity index (χ0) is 29.0. The molecule has 1 aliphatic carbocycles. The maximum Gasteiger partial charge on any atom is 0.278 e. The summed E-state index contributed by atoms with van der Waals surface area (Å²) in [5, 5.41) is 17.1. The van der Waals surface area contributed by atoms with Gasteiger partial charge in [-0.15, -0.1) is 6.58 Å². The average Bonchev–Trinajstić information content (AvgIpc) is 3.19. The minimum Gasteiger partial charge on any atom is -0.384 e. The Kier molecular flexibility index (Phi) is 8.65. The standard InChI is InChI=1S/C32H41N7O2/c1-5-18-38-31(40)27(21-33-4)30(39(38)29-9-6-8-28(36-29)32(2,3)41)35-22-34-25-14-10-23(11-15-25)24-12-16-26(17-13-24)37-19-7-20-37/h5-6,8-11,14-15,21,24,26,34,41H,1,4,7,12-13,16-20,22H2,2-3H3/b27-21+,35-30?. The summed E-state index contributed by atoms with van der Waals surface area (Å²) in [6, 6.07) is 14.8. The van der Waals surface area contributed by atoms with Crippen LogP contribution in [0.1, 0.15) is 63.1 Å². The molecule has 9 heteroatoms. The maximum absolute atomic E-state index is 13.4.